The minimum atomic E-state index is 0.347. The van der Waals surface area contributed by atoms with Crippen LogP contribution in [0, 0.1) is 0 Å². The van der Waals surface area contributed by atoms with Crippen molar-refractivity contribution in [2.45, 2.75) is 26.8 Å². The van der Waals surface area contributed by atoms with Crippen LogP contribution in [-0.2, 0) is 0 Å². The molecule has 0 fully saturated rings. The van der Waals surface area contributed by atoms with Gasteiger partial charge in [-0.25, -0.2) is 0 Å². The van der Waals surface area contributed by atoms with E-state index in [0.717, 1.165) is 5.84 Å². The summed E-state index contributed by atoms with van der Waals surface area (Å²) in [6.45, 7) is 9.58. The predicted octanol–water partition coefficient (Wildman–Crippen LogP) is 2.10. The minimum absolute atomic E-state index is 0.347. The summed E-state index contributed by atoms with van der Waals surface area (Å²) in [7, 11) is 0. The molecule has 0 bridgehead atoms. The lowest BCUT2D eigenvalue weighted by molar-refractivity contribution is 0.827. The van der Waals surface area contributed by atoms with E-state index >= 15 is 0 Å². The maximum absolute atomic E-state index is 4.27. The third-order valence-electron chi connectivity index (χ3n) is 0.976. The average Bonchev–Trinajstić information content (AvgIpc) is 1.86. The van der Waals surface area contributed by atoms with Crippen molar-refractivity contribution in [3.8, 4) is 0 Å². The Morgan fingerprint density at radius 2 is 2.18 bits per heavy atom. The Morgan fingerprint density at radius 1 is 1.55 bits per heavy atom. The van der Waals surface area contributed by atoms with Crippen molar-refractivity contribution in [3.63, 3.8) is 0 Å². The quantitative estimate of drug-likeness (QED) is 0.374. The minimum Gasteiger partial charge on any atom is -0.351 e. The first-order valence-electron chi connectivity index (χ1n) is 3.75. The number of amidine groups is 1. The van der Waals surface area contributed by atoms with E-state index in [1.807, 2.05) is 33.0 Å². The maximum Gasteiger partial charge on any atom is 0.0974 e. The molecule has 0 amide bonds. The lowest BCUT2D eigenvalue weighted by Crippen LogP contribution is -2.14. The highest BCUT2D eigenvalue weighted by molar-refractivity contribution is 5.80. The molecule has 0 aliphatic rings. The van der Waals surface area contributed by atoms with Crippen LogP contribution in [0.25, 0.3) is 0 Å². The van der Waals surface area contributed by atoms with Crippen molar-refractivity contribution < 1.29 is 0 Å². The van der Waals surface area contributed by atoms with Crippen molar-refractivity contribution >= 4 is 5.84 Å². The van der Waals surface area contributed by atoms with Crippen LogP contribution in [0.15, 0.2) is 29.9 Å². The molecule has 1 N–H and O–H groups in total. The molecule has 0 radical (unpaired) electrons. The maximum atomic E-state index is 4.27. The second-order valence-corrected chi connectivity index (χ2v) is 2.55. The number of hydrogen-bond acceptors (Lipinski definition) is 1. The van der Waals surface area contributed by atoms with Gasteiger partial charge in [0.1, 0.15) is 0 Å². The van der Waals surface area contributed by atoms with E-state index in [0.29, 0.717) is 6.04 Å². The van der Waals surface area contributed by atoms with Gasteiger partial charge in [0.2, 0.25) is 0 Å². The summed E-state index contributed by atoms with van der Waals surface area (Å²) in [6, 6.07) is 0.347. The molecule has 2 heteroatoms. The van der Waals surface area contributed by atoms with E-state index in [9.17, 15) is 0 Å². The van der Waals surface area contributed by atoms with Gasteiger partial charge in [-0.2, -0.15) is 0 Å². The molecule has 0 heterocycles. The van der Waals surface area contributed by atoms with Gasteiger partial charge in [0.25, 0.3) is 0 Å². The number of rotatable bonds is 3. The third-order valence-corrected chi connectivity index (χ3v) is 0.976. The Morgan fingerprint density at radius 3 is 2.64 bits per heavy atom. The number of nitrogens with zero attached hydrogens (tertiary/aromatic N) is 1. The standard InChI is InChI=1S/C9H16N2/c1-5-6-7-10-9(4)11-8(2)3/h5-8H,1H2,2-4H3,(H,10,11)/b7-6-. The fourth-order valence-corrected chi connectivity index (χ4v) is 0.661. The largest absolute Gasteiger partial charge is 0.351 e. The molecule has 0 unspecified atom stereocenters. The SMILES string of the molecule is C=C/C=C\NC(C)=NC(C)C. The van der Waals surface area contributed by atoms with Crippen molar-refractivity contribution in [1.82, 2.24) is 5.32 Å². The summed E-state index contributed by atoms with van der Waals surface area (Å²) in [5.74, 6) is 0.929. The molecule has 0 saturated heterocycles. The van der Waals surface area contributed by atoms with Crippen LogP contribution in [0.2, 0.25) is 0 Å². The molecule has 0 aliphatic carbocycles. The molecular formula is C9H16N2. The molecular weight excluding hydrogens is 136 g/mol. The zero-order chi connectivity index (χ0) is 8.69. The first kappa shape index (κ1) is 9.95. The number of aliphatic imine (C=N–C) groups is 1. The van der Waals surface area contributed by atoms with Gasteiger partial charge in [0, 0.05) is 12.2 Å². The topological polar surface area (TPSA) is 24.4 Å². The Balaban J connectivity index is 3.76. The number of allylic oxidation sites excluding steroid dienone is 2. The highest BCUT2D eigenvalue weighted by Gasteiger charge is 1.87. The first-order valence-corrected chi connectivity index (χ1v) is 3.75. The number of hydrogen-bond donors (Lipinski definition) is 1. The van der Waals surface area contributed by atoms with Crippen LogP contribution >= 0.6 is 0 Å². The van der Waals surface area contributed by atoms with Crippen LogP contribution in [0.4, 0.5) is 0 Å². The van der Waals surface area contributed by atoms with Crippen molar-refractivity contribution in [3.05, 3.63) is 24.9 Å². The average molecular weight is 152 g/mol. The molecule has 0 atom stereocenters. The zero-order valence-corrected chi connectivity index (χ0v) is 7.46. The van der Waals surface area contributed by atoms with Crippen molar-refractivity contribution in [2.75, 3.05) is 0 Å². The van der Waals surface area contributed by atoms with Crippen LogP contribution < -0.4 is 5.32 Å². The fourth-order valence-electron chi connectivity index (χ4n) is 0.661. The molecule has 0 aromatic heterocycles. The van der Waals surface area contributed by atoms with E-state index in [-0.39, 0.29) is 0 Å². The summed E-state index contributed by atoms with van der Waals surface area (Å²) in [5.41, 5.74) is 0. The van der Waals surface area contributed by atoms with Crippen LogP contribution in [0.1, 0.15) is 20.8 Å². The molecule has 0 spiro atoms. The smallest absolute Gasteiger partial charge is 0.0974 e. The van der Waals surface area contributed by atoms with Gasteiger partial charge in [-0.05, 0) is 26.8 Å². The van der Waals surface area contributed by atoms with E-state index in [2.05, 4.69) is 16.9 Å². The fraction of sp³-hybridized carbons (Fsp3) is 0.444. The van der Waals surface area contributed by atoms with Crippen LogP contribution in [0.3, 0.4) is 0 Å². The van der Waals surface area contributed by atoms with E-state index < -0.39 is 0 Å². The molecule has 2 nitrogen and oxygen atoms in total. The Bertz CT molecular complexity index is 166. The summed E-state index contributed by atoms with van der Waals surface area (Å²) in [6.07, 6.45) is 5.36. The molecule has 0 aliphatic heterocycles. The summed E-state index contributed by atoms with van der Waals surface area (Å²) in [5, 5.41) is 3.01. The molecule has 0 rings (SSSR count). The lowest BCUT2D eigenvalue weighted by atomic mass is 10.4. The second-order valence-electron chi connectivity index (χ2n) is 2.55. The van der Waals surface area contributed by atoms with Gasteiger partial charge in [-0.15, -0.1) is 0 Å². The van der Waals surface area contributed by atoms with Crippen molar-refractivity contribution in [1.29, 1.82) is 0 Å². The van der Waals surface area contributed by atoms with Gasteiger partial charge in [-0.3, -0.25) is 4.99 Å². The Kier molecular flexibility index (Phi) is 5.17. The second kappa shape index (κ2) is 5.71. The van der Waals surface area contributed by atoms with Crippen LogP contribution in [-0.4, -0.2) is 11.9 Å². The van der Waals surface area contributed by atoms with Gasteiger partial charge in [-0.1, -0.05) is 12.7 Å². The van der Waals surface area contributed by atoms with E-state index in [1.54, 1.807) is 6.08 Å². The van der Waals surface area contributed by atoms with E-state index in [1.165, 1.54) is 0 Å². The lowest BCUT2D eigenvalue weighted by Gasteiger charge is -2.01. The molecule has 0 saturated carbocycles. The Hall–Kier alpha value is -1.05. The van der Waals surface area contributed by atoms with Gasteiger partial charge in [0.15, 0.2) is 0 Å². The molecule has 0 aromatic carbocycles. The predicted molar refractivity (Wildman–Crippen MR) is 50.7 cm³/mol. The van der Waals surface area contributed by atoms with Gasteiger partial charge >= 0.3 is 0 Å². The van der Waals surface area contributed by atoms with Crippen molar-refractivity contribution in [2.24, 2.45) is 4.99 Å². The highest BCUT2D eigenvalue weighted by Crippen LogP contribution is 1.85. The number of nitrogens with one attached hydrogen (secondary N) is 1. The highest BCUT2D eigenvalue weighted by atomic mass is 15.0. The summed E-state index contributed by atoms with van der Waals surface area (Å²) < 4.78 is 0. The third kappa shape index (κ3) is 6.84. The molecule has 62 valence electrons. The Labute approximate surface area is 68.7 Å². The summed E-state index contributed by atoms with van der Waals surface area (Å²) in [4.78, 5) is 4.27. The van der Waals surface area contributed by atoms with Gasteiger partial charge in [0.05, 0.1) is 5.84 Å². The first-order chi connectivity index (χ1) is 5.16. The van der Waals surface area contributed by atoms with E-state index in [4.69, 9.17) is 0 Å². The molecule has 11 heavy (non-hydrogen) atoms. The molecule has 0 aromatic rings. The summed E-state index contributed by atoms with van der Waals surface area (Å²) >= 11 is 0. The normalized spacial score (nSPS) is 12.5. The van der Waals surface area contributed by atoms with Crippen LogP contribution in [0.5, 0.6) is 0 Å². The zero-order valence-electron chi connectivity index (χ0n) is 7.46. The monoisotopic (exact) mass is 152 g/mol. The van der Waals surface area contributed by atoms with Gasteiger partial charge < -0.3 is 5.32 Å².